The van der Waals surface area contributed by atoms with Crippen LogP contribution in [0.5, 0.6) is 0 Å². The maximum Gasteiger partial charge on any atom is 0.147 e. The summed E-state index contributed by atoms with van der Waals surface area (Å²) in [4.78, 5) is 9.36. The van der Waals surface area contributed by atoms with Gasteiger partial charge in [0.2, 0.25) is 0 Å². The summed E-state index contributed by atoms with van der Waals surface area (Å²) < 4.78 is 0. The molecule has 2 rings (SSSR count). The second-order valence-corrected chi connectivity index (χ2v) is 4.99. The smallest absolute Gasteiger partial charge is 0.147 e. The monoisotopic (exact) mass is 265 g/mol. The average Bonchev–Trinajstić information content (AvgIpc) is 2.33. The third-order valence-corrected chi connectivity index (χ3v) is 3.76. The number of rotatable bonds is 3. The fourth-order valence-electron chi connectivity index (χ4n) is 1.35. The van der Waals surface area contributed by atoms with Crippen LogP contribution < -0.4 is 5.73 Å². The molecular weight excluding hydrogens is 254 g/mol. The molecule has 0 aliphatic heterocycles. The number of nitrogens with zero attached hydrogens (tertiary/aromatic N) is 2. The van der Waals surface area contributed by atoms with Crippen LogP contribution in [0.3, 0.4) is 0 Å². The number of benzene rings is 1. The van der Waals surface area contributed by atoms with Crippen LogP contribution in [-0.2, 0) is 5.75 Å². The number of anilines is 1. The summed E-state index contributed by atoms with van der Waals surface area (Å²) in [5.41, 5.74) is 8.68. The van der Waals surface area contributed by atoms with E-state index in [0.717, 1.165) is 22.7 Å². The van der Waals surface area contributed by atoms with Gasteiger partial charge in [-0.15, -0.1) is 11.8 Å². The molecule has 0 amide bonds. The molecule has 0 saturated carbocycles. The SMILES string of the molecule is Cc1c(N)cccc1SCc1cnc(Cl)cn1. The predicted molar refractivity (Wildman–Crippen MR) is 72.2 cm³/mol. The largest absolute Gasteiger partial charge is 0.398 e. The minimum absolute atomic E-state index is 0.416. The quantitative estimate of drug-likeness (QED) is 0.683. The summed E-state index contributed by atoms with van der Waals surface area (Å²) in [5, 5.41) is 0.416. The molecule has 17 heavy (non-hydrogen) atoms. The number of aromatic nitrogens is 2. The molecule has 2 aromatic rings. The van der Waals surface area contributed by atoms with Crippen molar-refractivity contribution >= 4 is 29.1 Å². The number of nitrogens with two attached hydrogens (primary N) is 1. The number of hydrogen-bond donors (Lipinski definition) is 1. The van der Waals surface area contributed by atoms with Crippen molar-refractivity contribution in [1.82, 2.24) is 9.97 Å². The van der Waals surface area contributed by atoms with Gasteiger partial charge in [-0.2, -0.15) is 0 Å². The van der Waals surface area contributed by atoms with Crippen molar-refractivity contribution < 1.29 is 0 Å². The maximum atomic E-state index is 5.85. The van der Waals surface area contributed by atoms with E-state index in [0.29, 0.717) is 5.15 Å². The van der Waals surface area contributed by atoms with Crippen molar-refractivity contribution in [2.24, 2.45) is 0 Å². The van der Waals surface area contributed by atoms with Crippen molar-refractivity contribution in [2.75, 3.05) is 5.73 Å². The van der Waals surface area contributed by atoms with Gasteiger partial charge in [0.05, 0.1) is 18.1 Å². The molecule has 1 aromatic heterocycles. The Morgan fingerprint density at radius 3 is 2.82 bits per heavy atom. The van der Waals surface area contributed by atoms with Crippen LogP contribution in [0, 0.1) is 6.92 Å². The topological polar surface area (TPSA) is 51.8 Å². The second kappa shape index (κ2) is 5.38. The first-order valence-electron chi connectivity index (χ1n) is 5.11. The van der Waals surface area contributed by atoms with Gasteiger partial charge < -0.3 is 5.73 Å². The molecule has 0 atom stereocenters. The molecule has 1 heterocycles. The van der Waals surface area contributed by atoms with E-state index >= 15 is 0 Å². The molecule has 5 heteroatoms. The highest BCUT2D eigenvalue weighted by Crippen LogP contribution is 2.28. The fraction of sp³-hybridized carbons (Fsp3) is 0.167. The Morgan fingerprint density at radius 1 is 1.29 bits per heavy atom. The summed E-state index contributed by atoms with van der Waals surface area (Å²) >= 11 is 7.37. The van der Waals surface area contributed by atoms with E-state index in [4.69, 9.17) is 17.3 Å². The summed E-state index contributed by atoms with van der Waals surface area (Å²) in [5.74, 6) is 0.758. The number of nitrogen functional groups attached to an aromatic ring is 1. The van der Waals surface area contributed by atoms with Gasteiger partial charge in [-0.25, -0.2) is 4.98 Å². The van der Waals surface area contributed by atoms with Crippen LogP contribution in [-0.4, -0.2) is 9.97 Å². The predicted octanol–water partition coefficient (Wildman–Crippen LogP) is 3.31. The third kappa shape index (κ3) is 3.11. The van der Waals surface area contributed by atoms with Gasteiger partial charge in [0.1, 0.15) is 5.15 Å². The van der Waals surface area contributed by atoms with E-state index in [1.165, 1.54) is 4.90 Å². The number of hydrogen-bond acceptors (Lipinski definition) is 4. The fourth-order valence-corrected chi connectivity index (χ4v) is 2.41. The normalized spacial score (nSPS) is 10.5. The zero-order valence-electron chi connectivity index (χ0n) is 9.35. The minimum atomic E-state index is 0.416. The highest BCUT2D eigenvalue weighted by Gasteiger charge is 2.03. The Kier molecular flexibility index (Phi) is 3.86. The molecule has 0 radical (unpaired) electrons. The van der Waals surface area contributed by atoms with Gasteiger partial charge >= 0.3 is 0 Å². The lowest BCUT2D eigenvalue weighted by Gasteiger charge is -2.07. The lowest BCUT2D eigenvalue weighted by atomic mass is 10.2. The molecule has 0 aliphatic carbocycles. The minimum Gasteiger partial charge on any atom is -0.398 e. The van der Waals surface area contributed by atoms with E-state index in [1.807, 2.05) is 19.1 Å². The zero-order chi connectivity index (χ0) is 12.3. The third-order valence-electron chi connectivity index (χ3n) is 2.38. The molecule has 0 bridgehead atoms. The first-order chi connectivity index (χ1) is 8.16. The maximum absolute atomic E-state index is 5.85. The van der Waals surface area contributed by atoms with Crippen LogP contribution in [0.4, 0.5) is 5.69 Å². The molecule has 2 N–H and O–H groups in total. The summed E-state index contributed by atoms with van der Waals surface area (Å²) in [6.45, 7) is 2.02. The van der Waals surface area contributed by atoms with Crippen molar-refractivity contribution in [2.45, 2.75) is 17.6 Å². The van der Waals surface area contributed by atoms with Crippen molar-refractivity contribution in [1.29, 1.82) is 0 Å². The Labute approximate surface area is 109 Å². The van der Waals surface area contributed by atoms with E-state index in [1.54, 1.807) is 24.2 Å². The first kappa shape index (κ1) is 12.2. The molecule has 3 nitrogen and oxygen atoms in total. The highest BCUT2D eigenvalue weighted by atomic mass is 35.5. The van der Waals surface area contributed by atoms with Crippen LogP contribution in [0.2, 0.25) is 5.15 Å². The molecule has 0 saturated heterocycles. The van der Waals surface area contributed by atoms with Gasteiger partial charge in [0, 0.05) is 16.3 Å². The summed E-state index contributed by atoms with van der Waals surface area (Å²) in [6, 6.07) is 5.92. The number of halogens is 1. The Balaban J connectivity index is 2.07. The van der Waals surface area contributed by atoms with Gasteiger partial charge in [-0.05, 0) is 24.6 Å². The van der Waals surface area contributed by atoms with Crippen LogP contribution in [0.1, 0.15) is 11.3 Å². The Morgan fingerprint density at radius 2 is 2.12 bits per heavy atom. The number of thioether (sulfide) groups is 1. The van der Waals surface area contributed by atoms with Gasteiger partial charge in [0.15, 0.2) is 0 Å². The second-order valence-electron chi connectivity index (χ2n) is 3.59. The molecule has 0 spiro atoms. The van der Waals surface area contributed by atoms with Crippen LogP contribution in [0.25, 0.3) is 0 Å². The van der Waals surface area contributed by atoms with Crippen LogP contribution >= 0.6 is 23.4 Å². The molecule has 0 fully saturated rings. The Bertz CT molecular complexity index is 514. The standard InChI is InChI=1S/C12H12ClN3S/c1-8-10(14)3-2-4-11(8)17-7-9-5-16-12(13)6-15-9/h2-6H,7,14H2,1H3. The van der Waals surface area contributed by atoms with Crippen molar-refractivity contribution in [3.05, 3.63) is 47.0 Å². The molecule has 0 aliphatic rings. The molecule has 1 aromatic carbocycles. The zero-order valence-corrected chi connectivity index (χ0v) is 10.9. The average molecular weight is 266 g/mol. The lowest BCUT2D eigenvalue weighted by molar-refractivity contribution is 1.10. The van der Waals surface area contributed by atoms with E-state index in [2.05, 4.69) is 16.0 Å². The Hall–Kier alpha value is -1.26. The van der Waals surface area contributed by atoms with Crippen LogP contribution in [0.15, 0.2) is 35.5 Å². The lowest BCUT2D eigenvalue weighted by Crippen LogP contribution is -1.92. The van der Waals surface area contributed by atoms with Crippen molar-refractivity contribution in [3.63, 3.8) is 0 Å². The van der Waals surface area contributed by atoms with Gasteiger partial charge in [-0.1, -0.05) is 17.7 Å². The van der Waals surface area contributed by atoms with Gasteiger partial charge in [0.25, 0.3) is 0 Å². The van der Waals surface area contributed by atoms with E-state index in [9.17, 15) is 0 Å². The summed E-state index contributed by atoms with van der Waals surface area (Å²) in [7, 11) is 0. The van der Waals surface area contributed by atoms with Gasteiger partial charge in [-0.3, -0.25) is 4.98 Å². The molecule has 88 valence electrons. The highest BCUT2D eigenvalue weighted by molar-refractivity contribution is 7.98. The molecular formula is C12H12ClN3S. The van der Waals surface area contributed by atoms with E-state index in [-0.39, 0.29) is 0 Å². The summed E-state index contributed by atoms with van der Waals surface area (Å²) in [6.07, 6.45) is 3.25. The molecule has 0 unspecified atom stereocenters. The van der Waals surface area contributed by atoms with Crippen molar-refractivity contribution in [3.8, 4) is 0 Å². The van der Waals surface area contributed by atoms with E-state index < -0.39 is 0 Å². The first-order valence-corrected chi connectivity index (χ1v) is 6.47.